The molecule has 0 aromatic rings. The zero-order valence-corrected chi connectivity index (χ0v) is 12.6. The zero-order chi connectivity index (χ0) is 12.8. The SMILES string of the molecule is CC=C(CC)C(C)C1CC1(C)C1CC1(C)CC. The minimum absolute atomic E-state index is 0.674. The van der Waals surface area contributed by atoms with Crippen LogP contribution in [0.15, 0.2) is 11.6 Å². The van der Waals surface area contributed by atoms with Crippen LogP contribution in [0.25, 0.3) is 0 Å². The monoisotopic (exact) mass is 234 g/mol. The Morgan fingerprint density at radius 1 is 1.29 bits per heavy atom. The summed E-state index contributed by atoms with van der Waals surface area (Å²) in [6, 6.07) is 0. The first kappa shape index (κ1) is 13.2. The molecule has 0 radical (unpaired) electrons. The minimum atomic E-state index is 0.674. The maximum atomic E-state index is 2.56. The number of rotatable bonds is 5. The summed E-state index contributed by atoms with van der Waals surface area (Å²) >= 11 is 0. The Kier molecular flexibility index (Phi) is 3.21. The molecule has 0 heterocycles. The molecule has 0 spiro atoms. The van der Waals surface area contributed by atoms with Gasteiger partial charge in [0.05, 0.1) is 0 Å². The lowest BCUT2D eigenvalue weighted by Gasteiger charge is -2.20. The Balaban J connectivity index is 2.00. The van der Waals surface area contributed by atoms with Crippen LogP contribution in [0.4, 0.5) is 0 Å². The van der Waals surface area contributed by atoms with Gasteiger partial charge in [-0.25, -0.2) is 0 Å². The van der Waals surface area contributed by atoms with Crippen molar-refractivity contribution in [3.05, 3.63) is 11.6 Å². The molecule has 2 aliphatic rings. The molecule has 0 bridgehead atoms. The Morgan fingerprint density at radius 2 is 1.94 bits per heavy atom. The van der Waals surface area contributed by atoms with Gasteiger partial charge in [-0.2, -0.15) is 0 Å². The van der Waals surface area contributed by atoms with Crippen molar-refractivity contribution < 1.29 is 0 Å². The second-order valence-electron chi connectivity index (χ2n) is 7.09. The van der Waals surface area contributed by atoms with Crippen molar-refractivity contribution in [3.63, 3.8) is 0 Å². The van der Waals surface area contributed by atoms with Gasteiger partial charge in [0.25, 0.3) is 0 Å². The van der Waals surface area contributed by atoms with Crippen LogP contribution in [0.1, 0.15) is 67.2 Å². The molecule has 0 aromatic heterocycles. The Labute approximate surface area is 108 Å². The summed E-state index contributed by atoms with van der Waals surface area (Å²) in [4.78, 5) is 0. The van der Waals surface area contributed by atoms with E-state index in [2.05, 4.69) is 47.6 Å². The summed E-state index contributed by atoms with van der Waals surface area (Å²) in [7, 11) is 0. The molecule has 2 fully saturated rings. The normalized spacial score (nSPS) is 46.8. The zero-order valence-electron chi connectivity index (χ0n) is 12.6. The average Bonchev–Trinajstić information content (AvgIpc) is 3.18. The second kappa shape index (κ2) is 4.14. The topological polar surface area (TPSA) is 0 Å². The van der Waals surface area contributed by atoms with Crippen molar-refractivity contribution in [1.29, 1.82) is 0 Å². The largest absolute Gasteiger partial charge is 0.0882 e. The summed E-state index contributed by atoms with van der Waals surface area (Å²) in [5.41, 5.74) is 3.04. The maximum absolute atomic E-state index is 2.56. The highest BCUT2D eigenvalue weighted by molar-refractivity contribution is 5.20. The summed E-state index contributed by atoms with van der Waals surface area (Å²) in [6.45, 7) is 14.4. The first-order valence-electron chi connectivity index (χ1n) is 7.58. The highest BCUT2D eigenvalue weighted by Crippen LogP contribution is 2.75. The van der Waals surface area contributed by atoms with Gasteiger partial charge >= 0.3 is 0 Å². The van der Waals surface area contributed by atoms with E-state index in [1.165, 1.54) is 25.7 Å². The summed E-state index contributed by atoms with van der Waals surface area (Å²) in [6.07, 6.45) is 7.93. The minimum Gasteiger partial charge on any atom is -0.0882 e. The fraction of sp³-hybridized carbons (Fsp3) is 0.882. The molecule has 2 rings (SSSR count). The molecular weight excluding hydrogens is 204 g/mol. The first-order valence-corrected chi connectivity index (χ1v) is 7.58. The number of hydrogen-bond donors (Lipinski definition) is 0. The van der Waals surface area contributed by atoms with Crippen molar-refractivity contribution in [2.45, 2.75) is 67.2 Å². The predicted octanol–water partition coefficient (Wildman–Crippen LogP) is 5.44. The molecule has 2 saturated carbocycles. The van der Waals surface area contributed by atoms with E-state index in [9.17, 15) is 0 Å². The van der Waals surface area contributed by atoms with Crippen LogP contribution in [0.3, 0.4) is 0 Å². The van der Waals surface area contributed by atoms with E-state index in [1.54, 1.807) is 5.57 Å². The van der Waals surface area contributed by atoms with Gasteiger partial charge in [0.15, 0.2) is 0 Å². The molecular formula is C17H30. The van der Waals surface area contributed by atoms with Crippen LogP contribution in [0, 0.1) is 28.6 Å². The fourth-order valence-electron chi connectivity index (χ4n) is 4.44. The third-order valence-electron chi connectivity index (χ3n) is 6.27. The lowest BCUT2D eigenvalue weighted by Crippen LogP contribution is -2.13. The van der Waals surface area contributed by atoms with Crippen LogP contribution in [0.2, 0.25) is 0 Å². The van der Waals surface area contributed by atoms with Crippen molar-refractivity contribution in [2.75, 3.05) is 0 Å². The van der Waals surface area contributed by atoms with E-state index in [-0.39, 0.29) is 0 Å². The molecule has 2 aliphatic carbocycles. The van der Waals surface area contributed by atoms with Crippen molar-refractivity contribution in [1.82, 2.24) is 0 Å². The molecule has 0 amide bonds. The van der Waals surface area contributed by atoms with Gasteiger partial charge in [-0.05, 0) is 54.8 Å². The lowest BCUT2D eigenvalue weighted by atomic mass is 9.84. The third kappa shape index (κ3) is 1.98. The maximum Gasteiger partial charge on any atom is -0.0198 e. The lowest BCUT2D eigenvalue weighted by molar-refractivity contribution is 0.322. The predicted molar refractivity (Wildman–Crippen MR) is 75.9 cm³/mol. The van der Waals surface area contributed by atoms with Gasteiger partial charge in [0.2, 0.25) is 0 Å². The Morgan fingerprint density at radius 3 is 2.35 bits per heavy atom. The highest BCUT2D eigenvalue weighted by Gasteiger charge is 2.67. The Hall–Kier alpha value is -0.260. The quantitative estimate of drug-likeness (QED) is 0.556. The Bertz CT molecular complexity index is 327. The van der Waals surface area contributed by atoms with Gasteiger partial charge < -0.3 is 0 Å². The van der Waals surface area contributed by atoms with Gasteiger partial charge in [0, 0.05) is 0 Å². The number of allylic oxidation sites excluding steroid dienone is 2. The molecule has 0 aromatic carbocycles. The molecule has 0 N–H and O–H groups in total. The number of hydrogen-bond acceptors (Lipinski definition) is 0. The standard InChI is InChI=1S/C17H30/c1-7-13(8-2)12(4)14-10-17(14,6)15-11-16(15,5)9-3/h7,12,14-15H,8-11H2,1-6H3. The van der Waals surface area contributed by atoms with Crippen LogP contribution in [-0.4, -0.2) is 0 Å². The molecule has 5 atom stereocenters. The highest BCUT2D eigenvalue weighted by atomic mass is 14.7. The van der Waals surface area contributed by atoms with Gasteiger partial charge in [0.1, 0.15) is 0 Å². The van der Waals surface area contributed by atoms with E-state index in [4.69, 9.17) is 0 Å². The molecule has 5 unspecified atom stereocenters. The fourth-order valence-corrected chi connectivity index (χ4v) is 4.44. The summed E-state index contributed by atoms with van der Waals surface area (Å²) in [5, 5.41) is 0. The molecule has 98 valence electrons. The smallest absolute Gasteiger partial charge is 0.0198 e. The summed E-state index contributed by atoms with van der Waals surface area (Å²) in [5.74, 6) is 2.80. The van der Waals surface area contributed by atoms with E-state index < -0.39 is 0 Å². The van der Waals surface area contributed by atoms with Crippen LogP contribution >= 0.6 is 0 Å². The molecule has 0 heteroatoms. The van der Waals surface area contributed by atoms with Crippen LogP contribution in [-0.2, 0) is 0 Å². The van der Waals surface area contributed by atoms with Crippen LogP contribution in [0.5, 0.6) is 0 Å². The second-order valence-corrected chi connectivity index (χ2v) is 7.09. The van der Waals surface area contributed by atoms with E-state index in [0.29, 0.717) is 10.8 Å². The van der Waals surface area contributed by atoms with Crippen molar-refractivity contribution >= 4 is 0 Å². The van der Waals surface area contributed by atoms with Gasteiger partial charge in [-0.15, -0.1) is 0 Å². The van der Waals surface area contributed by atoms with E-state index >= 15 is 0 Å². The molecule has 0 nitrogen and oxygen atoms in total. The third-order valence-corrected chi connectivity index (χ3v) is 6.27. The first-order chi connectivity index (χ1) is 7.93. The van der Waals surface area contributed by atoms with E-state index in [1.807, 2.05) is 0 Å². The molecule has 0 saturated heterocycles. The molecule has 17 heavy (non-hydrogen) atoms. The van der Waals surface area contributed by atoms with Crippen molar-refractivity contribution in [3.8, 4) is 0 Å². The van der Waals surface area contributed by atoms with E-state index in [0.717, 1.165) is 17.8 Å². The van der Waals surface area contributed by atoms with Crippen molar-refractivity contribution in [2.24, 2.45) is 28.6 Å². The van der Waals surface area contributed by atoms with Crippen LogP contribution < -0.4 is 0 Å². The molecule has 0 aliphatic heterocycles. The summed E-state index contributed by atoms with van der Waals surface area (Å²) < 4.78 is 0. The average molecular weight is 234 g/mol. The van der Waals surface area contributed by atoms with Gasteiger partial charge in [-0.3, -0.25) is 0 Å². The van der Waals surface area contributed by atoms with Gasteiger partial charge in [-0.1, -0.05) is 52.7 Å².